The summed E-state index contributed by atoms with van der Waals surface area (Å²) < 4.78 is 5.44. The van der Waals surface area contributed by atoms with Crippen LogP contribution in [0.5, 0.6) is 0 Å². The van der Waals surface area contributed by atoms with E-state index < -0.39 is 0 Å². The molecule has 1 heterocycles. The van der Waals surface area contributed by atoms with Crippen LogP contribution in [0.4, 0.5) is 0 Å². The molecule has 1 aliphatic rings. The van der Waals surface area contributed by atoms with Crippen LogP contribution in [0, 0.1) is 0 Å². The lowest BCUT2D eigenvalue weighted by molar-refractivity contribution is -0.120. The Labute approximate surface area is 89.6 Å². The molecule has 0 aromatic heterocycles. The van der Waals surface area contributed by atoms with Crippen molar-refractivity contribution in [1.82, 2.24) is 0 Å². The first-order valence-corrected chi connectivity index (χ1v) is 5.15. The van der Waals surface area contributed by atoms with Gasteiger partial charge < -0.3 is 4.74 Å². The zero-order valence-electron chi connectivity index (χ0n) is 8.94. The van der Waals surface area contributed by atoms with Crippen molar-refractivity contribution in [2.45, 2.75) is 26.1 Å². The maximum absolute atomic E-state index is 11.7. The summed E-state index contributed by atoms with van der Waals surface area (Å²) in [6.45, 7) is 3.71. The van der Waals surface area contributed by atoms with Gasteiger partial charge in [-0.15, -0.1) is 0 Å². The highest BCUT2D eigenvalue weighted by atomic mass is 16.5. The van der Waals surface area contributed by atoms with E-state index >= 15 is 0 Å². The lowest BCUT2D eigenvalue weighted by Gasteiger charge is -2.02. The van der Waals surface area contributed by atoms with E-state index in [2.05, 4.69) is 0 Å². The van der Waals surface area contributed by atoms with E-state index in [9.17, 15) is 4.79 Å². The van der Waals surface area contributed by atoms with Crippen LogP contribution in [0.25, 0.3) is 6.08 Å². The molecule has 78 valence electrons. The van der Waals surface area contributed by atoms with Crippen LogP contribution >= 0.6 is 0 Å². The minimum atomic E-state index is -0.296. The van der Waals surface area contributed by atoms with Gasteiger partial charge in [0.2, 0.25) is 0 Å². The summed E-state index contributed by atoms with van der Waals surface area (Å²) in [7, 11) is 0. The summed E-state index contributed by atoms with van der Waals surface area (Å²) in [4.78, 5) is 11.7. The molecule has 0 spiro atoms. The fraction of sp³-hybridized carbons (Fsp3) is 0.308. The van der Waals surface area contributed by atoms with Crippen molar-refractivity contribution >= 4 is 11.9 Å². The summed E-state index contributed by atoms with van der Waals surface area (Å²) >= 11 is 0. The Hall–Kier alpha value is -1.41. The van der Waals surface area contributed by atoms with Gasteiger partial charge >= 0.3 is 0 Å². The Balaban J connectivity index is 2.31. The molecule has 2 unspecified atom stereocenters. The van der Waals surface area contributed by atoms with E-state index in [0.29, 0.717) is 0 Å². The largest absolute Gasteiger partial charge is 0.363 e. The van der Waals surface area contributed by atoms with Gasteiger partial charge in [-0.1, -0.05) is 30.3 Å². The number of ether oxygens (including phenoxy) is 1. The number of carbonyl (C=O) groups is 1. The number of rotatable bonds is 1. The first-order valence-electron chi connectivity index (χ1n) is 5.15. The highest BCUT2D eigenvalue weighted by Gasteiger charge is 2.32. The van der Waals surface area contributed by atoms with Crippen molar-refractivity contribution in [3.8, 4) is 0 Å². The Morgan fingerprint density at radius 2 is 1.80 bits per heavy atom. The molecule has 2 atom stereocenters. The van der Waals surface area contributed by atoms with E-state index in [0.717, 1.165) is 11.1 Å². The molecule has 15 heavy (non-hydrogen) atoms. The molecule has 0 N–H and O–H groups in total. The molecule has 0 radical (unpaired) electrons. The molecular formula is C13H14O2. The minimum Gasteiger partial charge on any atom is -0.363 e. The molecule has 0 saturated carbocycles. The van der Waals surface area contributed by atoms with Crippen molar-refractivity contribution in [3.05, 3.63) is 41.5 Å². The van der Waals surface area contributed by atoms with Gasteiger partial charge in [-0.05, 0) is 25.5 Å². The average molecular weight is 202 g/mol. The van der Waals surface area contributed by atoms with E-state index in [-0.39, 0.29) is 18.0 Å². The smallest absolute Gasteiger partial charge is 0.189 e. The van der Waals surface area contributed by atoms with Gasteiger partial charge in [-0.25, -0.2) is 0 Å². The van der Waals surface area contributed by atoms with Crippen molar-refractivity contribution in [2.24, 2.45) is 0 Å². The molecule has 1 aliphatic heterocycles. The lowest BCUT2D eigenvalue weighted by Crippen LogP contribution is -2.10. The second-order valence-electron chi connectivity index (χ2n) is 3.80. The minimum absolute atomic E-state index is 0.0901. The van der Waals surface area contributed by atoms with Crippen molar-refractivity contribution in [2.75, 3.05) is 0 Å². The number of ketones is 1. The first-order chi connectivity index (χ1) is 7.18. The van der Waals surface area contributed by atoms with Gasteiger partial charge in [0.1, 0.15) is 6.10 Å². The monoisotopic (exact) mass is 202 g/mol. The Kier molecular flexibility index (Phi) is 2.69. The maximum Gasteiger partial charge on any atom is 0.189 e. The third-order valence-corrected chi connectivity index (χ3v) is 2.62. The predicted molar refractivity (Wildman–Crippen MR) is 59.4 cm³/mol. The maximum atomic E-state index is 11.7. The molecule has 0 amide bonds. The standard InChI is InChI=1S/C13H14O2/c1-9-12(13(14)10(2)15-9)8-11-6-4-3-5-7-11/h3-10H,1-2H3/b12-8+. The third kappa shape index (κ3) is 2.00. The lowest BCUT2D eigenvalue weighted by atomic mass is 10.0. The van der Waals surface area contributed by atoms with Crippen LogP contribution in [0.2, 0.25) is 0 Å². The van der Waals surface area contributed by atoms with E-state index in [1.807, 2.05) is 43.3 Å². The summed E-state index contributed by atoms with van der Waals surface area (Å²) in [5.41, 5.74) is 1.82. The molecule has 2 rings (SSSR count). The van der Waals surface area contributed by atoms with Crippen LogP contribution in [-0.2, 0) is 9.53 Å². The summed E-state index contributed by atoms with van der Waals surface area (Å²) in [6, 6.07) is 9.84. The number of Topliss-reactive ketones (excluding diaryl/α,β-unsaturated/α-hetero) is 1. The van der Waals surface area contributed by atoms with Crippen LogP contribution in [-0.4, -0.2) is 18.0 Å². The number of carbonyl (C=O) groups excluding carboxylic acids is 1. The normalized spacial score (nSPS) is 28.7. The topological polar surface area (TPSA) is 26.3 Å². The summed E-state index contributed by atoms with van der Waals surface area (Å²) in [5, 5.41) is 0. The molecule has 0 aliphatic carbocycles. The molecule has 2 nitrogen and oxygen atoms in total. The Morgan fingerprint density at radius 1 is 1.13 bits per heavy atom. The molecule has 1 saturated heterocycles. The van der Waals surface area contributed by atoms with E-state index in [1.54, 1.807) is 6.92 Å². The molecule has 1 fully saturated rings. The van der Waals surface area contributed by atoms with Crippen LogP contribution < -0.4 is 0 Å². The van der Waals surface area contributed by atoms with Crippen LogP contribution in [0.3, 0.4) is 0 Å². The zero-order chi connectivity index (χ0) is 10.8. The van der Waals surface area contributed by atoms with Crippen LogP contribution in [0.1, 0.15) is 19.4 Å². The summed E-state index contributed by atoms with van der Waals surface area (Å²) in [5.74, 6) is 0.103. The zero-order valence-corrected chi connectivity index (χ0v) is 8.94. The van der Waals surface area contributed by atoms with Gasteiger partial charge in [-0.2, -0.15) is 0 Å². The van der Waals surface area contributed by atoms with Gasteiger partial charge in [-0.3, -0.25) is 4.79 Å². The van der Waals surface area contributed by atoms with E-state index in [4.69, 9.17) is 4.74 Å². The molecule has 1 aromatic rings. The third-order valence-electron chi connectivity index (χ3n) is 2.62. The molecule has 2 heteroatoms. The number of hydrogen-bond donors (Lipinski definition) is 0. The molecule has 0 bridgehead atoms. The van der Waals surface area contributed by atoms with Gasteiger partial charge in [0.25, 0.3) is 0 Å². The molecular weight excluding hydrogens is 188 g/mol. The summed E-state index contributed by atoms with van der Waals surface area (Å²) in [6.07, 6.45) is 1.53. The first kappa shape index (κ1) is 10.1. The number of hydrogen-bond acceptors (Lipinski definition) is 2. The second kappa shape index (κ2) is 3.99. The highest BCUT2D eigenvalue weighted by Crippen LogP contribution is 2.23. The van der Waals surface area contributed by atoms with Crippen molar-refractivity contribution in [3.63, 3.8) is 0 Å². The van der Waals surface area contributed by atoms with Gasteiger partial charge in [0.15, 0.2) is 5.78 Å². The Bertz CT molecular complexity index is 392. The fourth-order valence-electron chi connectivity index (χ4n) is 1.79. The Morgan fingerprint density at radius 3 is 2.33 bits per heavy atom. The number of benzene rings is 1. The highest BCUT2D eigenvalue weighted by molar-refractivity contribution is 6.04. The fourth-order valence-corrected chi connectivity index (χ4v) is 1.79. The second-order valence-corrected chi connectivity index (χ2v) is 3.80. The quantitative estimate of drug-likeness (QED) is 0.654. The van der Waals surface area contributed by atoms with Gasteiger partial charge in [0.05, 0.1) is 6.10 Å². The van der Waals surface area contributed by atoms with Gasteiger partial charge in [0, 0.05) is 5.57 Å². The predicted octanol–water partition coefficient (Wildman–Crippen LogP) is 2.45. The van der Waals surface area contributed by atoms with E-state index in [1.165, 1.54) is 0 Å². The van der Waals surface area contributed by atoms with Crippen LogP contribution in [0.15, 0.2) is 35.9 Å². The molecule has 1 aromatic carbocycles. The average Bonchev–Trinajstić information content (AvgIpc) is 2.47. The van der Waals surface area contributed by atoms with Crippen molar-refractivity contribution in [1.29, 1.82) is 0 Å². The van der Waals surface area contributed by atoms with Crippen molar-refractivity contribution < 1.29 is 9.53 Å². The SMILES string of the molecule is CC1OC(C)/C(=C\c2ccccc2)C1=O.